The van der Waals surface area contributed by atoms with Crippen LogP contribution < -0.4 is 4.74 Å². The molecule has 3 rings (SSSR count). The standard InChI is InChI=1S/C25H34N4O5/c1-5-8-19-24-20(28(4)27-19)16-23(30)29(22(6-2)26-24)13-14-34-18-11-9-17(10-12-18)15-21(25(31)32)33-7-3/h9-12,21H,5-8,13-16H2,1-4H3,(H,31,32). The Kier molecular flexibility index (Phi) is 8.81. The molecule has 0 saturated heterocycles. The van der Waals surface area contributed by atoms with Crippen molar-refractivity contribution in [2.75, 3.05) is 19.8 Å². The molecule has 9 nitrogen and oxygen atoms in total. The van der Waals surface area contributed by atoms with E-state index < -0.39 is 12.1 Å². The summed E-state index contributed by atoms with van der Waals surface area (Å²) in [5, 5.41) is 13.8. The molecule has 1 aromatic carbocycles. The fourth-order valence-corrected chi connectivity index (χ4v) is 4.05. The summed E-state index contributed by atoms with van der Waals surface area (Å²) in [6.45, 7) is 6.92. The maximum atomic E-state index is 13.1. The molecule has 1 aliphatic heterocycles. The van der Waals surface area contributed by atoms with Crippen LogP contribution >= 0.6 is 0 Å². The number of carbonyl (C=O) groups is 2. The second-order valence-corrected chi connectivity index (χ2v) is 8.20. The Balaban J connectivity index is 1.64. The smallest absolute Gasteiger partial charge is 0.333 e. The molecule has 1 N–H and O–H groups in total. The SMILES string of the molecule is CCCc1nn(C)c2c1N=C(CC)N(CCOc1ccc(CC(OCC)C(=O)O)cc1)C(=O)C2. The maximum absolute atomic E-state index is 13.1. The van der Waals surface area contributed by atoms with Crippen LogP contribution in [0.15, 0.2) is 29.3 Å². The normalized spacial score (nSPS) is 14.4. The van der Waals surface area contributed by atoms with Gasteiger partial charge >= 0.3 is 5.97 Å². The zero-order valence-corrected chi connectivity index (χ0v) is 20.4. The lowest BCUT2D eigenvalue weighted by Crippen LogP contribution is -2.39. The summed E-state index contributed by atoms with van der Waals surface area (Å²) in [7, 11) is 1.86. The molecule has 0 spiro atoms. The number of carboxylic acids is 1. The number of hydrogen-bond acceptors (Lipinski definition) is 6. The van der Waals surface area contributed by atoms with Crippen LogP contribution in [0, 0.1) is 0 Å². The molecule has 184 valence electrons. The molecule has 9 heteroatoms. The van der Waals surface area contributed by atoms with E-state index in [0.717, 1.165) is 41.3 Å². The summed E-state index contributed by atoms with van der Waals surface area (Å²) in [5.74, 6) is 0.392. The highest BCUT2D eigenvalue weighted by Crippen LogP contribution is 2.29. The van der Waals surface area contributed by atoms with Crippen molar-refractivity contribution in [3.05, 3.63) is 41.2 Å². The number of carbonyl (C=O) groups excluding carboxylic acids is 1. The van der Waals surface area contributed by atoms with E-state index in [2.05, 4.69) is 12.0 Å². The van der Waals surface area contributed by atoms with Gasteiger partial charge in [-0.1, -0.05) is 32.4 Å². The number of aryl methyl sites for hydroxylation is 2. The van der Waals surface area contributed by atoms with Crippen molar-refractivity contribution in [1.29, 1.82) is 0 Å². The van der Waals surface area contributed by atoms with Crippen molar-refractivity contribution in [2.24, 2.45) is 12.0 Å². The first-order valence-corrected chi connectivity index (χ1v) is 11.9. The molecule has 1 atom stereocenters. The molecule has 1 aliphatic rings. The van der Waals surface area contributed by atoms with Crippen molar-refractivity contribution in [2.45, 2.75) is 59.0 Å². The van der Waals surface area contributed by atoms with Crippen LogP contribution in [-0.2, 0) is 40.6 Å². The fourth-order valence-electron chi connectivity index (χ4n) is 4.05. The Morgan fingerprint density at radius 3 is 2.56 bits per heavy atom. The quantitative estimate of drug-likeness (QED) is 0.510. The number of aromatic nitrogens is 2. The largest absolute Gasteiger partial charge is 0.492 e. The van der Waals surface area contributed by atoms with Crippen LogP contribution in [0.25, 0.3) is 0 Å². The van der Waals surface area contributed by atoms with E-state index in [-0.39, 0.29) is 18.7 Å². The Labute approximate surface area is 200 Å². The van der Waals surface area contributed by atoms with Gasteiger partial charge in [-0.3, -0.25) is 14.4 Å². The fraction of sp³-hybridized carbons (Fsp3) is 0.520. The van der Waals surface area contributed by atoms with Gasteiger partial charge in [0.15, 0.2) is 6.10 Å². The Bertz CT molecular complexity index is 1030. The lowest BCUT2D eigenvalue weighted by molar-refractivity contribution is -0.150. The van der Waals surface area contributed by atoms with E-state index in [1.807, 2.05) is 26.1 Å². The zero-order valence-electron chi connectivity index (χ0n) is 20.4. The predicted octanol–water partition coefficient (Wildman–Crippen LogP) is 3.31. The van der Waals surface area contributed by atoms with Crippen LogP contribution in [0.1, 0.15) is 50.6 Å². The van der Waals surface area contributed by atoms with Crippen LogP contribution in [0.4, 0.5) is 5.69 Å². The van der Waals surface area contributed by atoms with Crippen molar-refractivity contribution < 1.29 is 24.2 Å². The number of rotatable bonds is 12. The minimum Gasteiger partial charge on any atom is -0.492 e. The topological polar surface area (TPSA) is 106 Å². The van der Waals surface area contributed by atoms with E-state index in [1.54, 1.807) is 28.6 Å². The molecular weight excluding hydrogens is 436 g/mol. The second-order valence-electron chi connectivity index (χ2n) is 8.20. The number of fused-ring (bicyclic) bond motifs is 1. The molecule has 1 unspecified atom stereocenters. The van der Waals surface area contributed by atoms with Crippen LogP contribution in [0.2, 0.25) is 0 Å². The highest BCUT2D eigenvalue weighted by atomic mass is 16.5. The van der Waals surface area contributed by atoms with E-state index in [1.165, 1.54) is 0 Å². The monoisotopic (exact) mass is 470 g/mol. The van der Waals surface area contributed by atoms with E-state index in [9.17, 15) is 14.7 Å². The van der Waals surface area contributed by atoms with E-state index >= 15 is 0 Å². The number of ether oxygens (including phenoxy) is 2. The Morgan fingerprint density at radius 1 is 1.21 bits per heavy atom. The lowest BCUT2D eigenvalue weighted by Gasteiger charge is -2.22. The van der Waals surface area contributed by atoms with Crippen molar-refractivity contribution >= 4 is 23.4 Å². The molecular formula is C25H34N4O5. The Hall–Kier alpha value is -3.20. The highest BCUT2D eigenvalue weighted by molar-refractivity contribution is 6.02. The van der Waals surface area contributed by atoms with Gasteiger partial charge in [0, 0.05) is 26.5 Å². The van der Waals surface area contributed by atoms with Gasteiger partial charge in [-0.2, -0.15) is 5.10 Å². The third-order valence-electron chi connectivity index (χ3n) is 5.75. The number of aliphatic carboxylic acids is 1. The average molecular weight is 471 g/mol. The van der Waals surface area contributed by atoms with Gasteiger partial charge in [-0.25, -0.2) is 9.79 Å². The van der Waals surface area contributed by atoms with Crippen LogP contribution in [0.3, 0.4) is 0 Å². The number of amides is 1. The van der Waals surface area contributed by atoms with Gasteiger partial charge in [-0.15, -0.1) is 0 Å². The van der Waals surface area contributed by atoms with E-state index in [0.29, 0.717) is 31.9 Å². The summed E-state index contributed by atoms with van der Waals surface area (Å²) >= 11 is 0. The number of hydrogen-bond donors (Lipinski definition) is 1. The first kappa shape index (κ1) is 25.4. The lowest BCUT2D eigenvalue weighted by atomic mass is 10.1. The number of carboxylic acid groups (broad SMARTS) is 1. The molecule has 34 heavy (non-hydrogen) atoms. The molecule has 0 aliphatic carbocycles. The average Bonchev–Trinajstić information content (AvgIpc) is 3.00. The predicted molar refractivity (Wildman–Crippen MR) is 129 cm³/mol. The van der Waals surface area contributed by atoms with Gasteiger partial charge in [0.2, 0.25) is 5.91 Å². The molecule has 0 bridgehead atoms. The molecule has 0 fully saturated rings. The molecule has 0 radical (unpaired) electrons. The third kappa shape index (κ3) is 6.02. The van der Waals surface area contributed by atoms with Crippen molar-refractivity contribution in [3.8, 4) is 5.75 Å². The zero-order chi connectivity index (χ0) is 24.7. The third-order valence-corrected chi connectivity index (χ3v) is 5.75. The molecule has 2 heterocycles. The molecule has 0 saturated carbocycles. The summed E-state index contributed by atoms with van der Waals surface area (Å²) in [4.78, 5) is 30.9. The first-order valence-electron chi connectivity index (χ1n) is 11.9. The summed E-state index contributed by atoms with van der Waals surface area (Å²) in [6, 6.07) is 7.27. The van der Waals surface area contributed by atoms with Crippen LogP contribution in [0.5, 0.6) is 5.75 Å². The molecule has 2 aromatic rings. The summed E-state index contributed by atoms with van der Waals surface area (Å²) in [6.07, 6.45) is 2.11. The van der Waals surface area contributed by atoms with Gasteiger partial charge < -0.3 is 14.6 Å². The highest BCUT2D eigenvalue weighted by Gasteiger charge is 2.28. The van der Waals surface area contributed by atoms with Crippen molar-refractivity contribution in [1.82, 2.24) is 14.7 Å². The van der Waals surface area contributed by atoms with Gasteiger partial charge in [0.05, 0.1) is 24.4 Å². The summed E-state index contributed by atoms with van der Waals surface area (Å²) in [5.41, 5.74) is 3.47. The second kappa shape index (κ2) is 11.8. The molecule has 1 amide bonds. The van der Waals surface area contributed by atoms with Gasteiger partial charge in [0.1, 0.15) is 23.9 Å². The minimum absolute atomic E-state index is 0.0139. The Morgan fingerprint density at radius 2 is 1.94 bits per heavy atom. The van der Waals surface area contributed by atoms with Crippen molar-refractivity contribution in [3.63, 3.8) is 0 Å². The van der Waals surface area contributed by atoms with Gasteiger partial charge in [-0.05, 0) is 31.0 Å². The first-order chi connectivity index (χ1) is 16.4. The summed E-state index contributed by atoms with van der Waals surface area (Å²) < 4.78 is 12.9. The number of benzene rings is 1. The van der Waals surface area contributed by atoms with E-state index in [4.69, 9.17) is 14.5 Å². The number of nitrogens with zero attached hydrogens (tertiary/aromatic N) is 4. The minimum atomic E-state index is -0.975. The molecule has 1 aromatic heterocycles. The number of aliphatic imine (C=N–C) groups is 1. The number of amidine groups is 1. The van der Waals surface area contributed by atoms with Crippen LogP contribution in [-0.4, -0.2) is 63.4 Å². The van der Waals surface area contributed by atoms with Gasteiger partial charge in [0.25, 0.3) is 0 Å². The maximum Gasteiger partial charge on any atom is 0.333 e.